The average molecular weight is 462 g/mol. The number of hydrogen-bond donors (Lipinski definition) is 4. The van der Waals surface area contributed by atoms with E-state index in [4.69, 9.17) is 5.11 Å². The zero-order chi connectivity index (χ0) is 24.5. The summed E-state index contributed by atoms with van der Waals surface area (Å²) >= 11 is 0. The molecule has 1 aliphatic rings. The van der Waals surface area contributed by atoms with E-state index in [-0.39, 0.29) is 25.2 Å². The first-order valence-corrected chi connectivity index (χ1v) is 10.7. The lowest BCUT2D eigenvalue weighted by molar-refractivity contribution is -0.151. The largest absolute Gasteiger partial charge is 0.481 e. The van der Waals surface area contributed by atoms with Crippen molar-refractivity contribution in [3.63, 3.8) is 0 Å². The van der Waals surface area contributed by atoms with Crippen molar-refractivity contribution in [3.8, 4) is 0 Å². The van der Waals surface area contributed by atoms with Crippen LogP contribution in [0.1, 0.15) is 71.6 Å². The molecule has 0 aromatic rings. The summed E-state index contributed by atoms with van der Waals surface area (Å²) in [6, 6.07) is -3.11. The van der Waals surface area contributed by atoms with Crippen molar-refractivity contribution >= 4 is 29.5 Å². The summed E-state index contributed by atoms with van der Waals surface area (Å²) in [5.74, 6) is -6.13. The van der Waals surface area contributed by atoms with Crippen molar-refractivity contribution in [2.45, 2.75) is 90.1 Å². The van der Waals surface area contributed by atoms with Crippen molar-refractivity contribution in [1.82, 2.24) is 10.6 Å². The maximum Gasteiger partial charge on any atom is 0.374 e. The van der Waals surface area contributed by atoms with Gasteiger partial charge >= 0.3 is 11.9 Å². The van der Waals surface area contributed by atoms with Crippen LogP contribution in [0, 0.1) is 11.3 Å². The number of carbonyl (C=O) groups excluding carboxylic acids is 3. The number of nitrogens with one attached hydrogen (secondary N) is 2. The number of aliphatic carboxylic acids is 2. The fourth-order valence-corrected chi connectivity index (χ4v) is 4.16. The van der Waals surface area contributed by atoms with Gasteiger partial charge in [0.05, 0.1) is 6.42 Å². The number of ketones is 1. The second-order valence-electron chi connectivity index (χ2n) is 8.91. The SMILES string of the molecule is CC(C)C[C@@H](NC(=O)CC1(CC(=O)O)CCCCC1)C(=O)N[C@H](CC(F)F)C(=O)C(=O)O. The molecule has 4 N–H and O–H groups in total. The molecule has 0 saturated heterocycles. The molecule has 0 heterocycles. The van der Waals surface area contributed by atoms with E-state index in [1.807, 2.05) is 5.32 Å². The molecule has 2 atom stereocenters. The number of amides is 2. The zero-order valence-electron chi connectivity index (χ0n) is 18.4. The van der Waals surface area contributed by atoms with Crippen LogP contribution in [0.25, 0.3) is 0 Å². The van der Waals surface area contributed by atoms with E-state index < -0.39 is 59.9 Å². The van der Waals surface area contributed by atoms with Gasteiger partial charge in [0.2, 0.25) is 18.2 Å². The molecule has 1 aliphatic carbocycles. The summed E-state index contributed by atoms with van der Waals surface area (Å²) in [6.45, 7) is 3.52. The monoisotopic (exact) mass is 462 g/mol. The summed E-state index contributed by atoms with van der Waals surface area (Å²) in [7, 11) is 0. The topological polar surface area (TPSA) is 150 Å². The lowest BCUT2D eigenvalue weighted by Crippen LogP contribution is -2.54. The number of carboxylic acid groups (broad SMARTS) is 2. The Kier molecular flexibility index (Phi) is 10.7. The molecule has 32 heavy (non-hydrogen) atoms. The van der Waals surface area contributed by atoms with Gasteiger partial charge < -0.3 is 20.8 Å². The second-order valence-corrected chi connectivity index (χ2v) is 8.91. The molecule has 2 amide bonds. The Bertz CT molecular complexity index is 706. The summed E-state index contributed by atoms with van der Waals surface area (Å²) in [5.41, 5.74) is -0.718. The van der Waals surface area contributed by atoms with Gasteiger partial charge in [-0.2, -0.15) is 0 Å². The zero-order valence-corrected chi connectivity index (χ0v) is 18.4. The van der Waals surface area contributed by atoms with E-state index in [2.05, 4.69) is 5.32 Å². The number of carboxylic acids is 2. The van der Waals surface area contributed by atoms with Crippen molar-refractivity contribution in [2.75, 3.05) is 0 Å². The molecule has 182 valence electrons. The predicted molar refractivity (Wildman–Crippen MR) is 109 cm³/mol. The van der Waals surface area contributed by atoms with Gasteiger partial charge in [-0.25, -0.2) is 13.6 Å². The molecule has 0 unspecified atom stereocenters. The normalized spacial score (nSPS) is 17.4. The molecule has 1 fully saturated rings. The fourth-order valence-electron chi connectivity index (χ4n) is 4.16. The minimum atomic E-state index is -3.02. The third kappa shape index (κ3) is 9.27. The van der Waals surface area contributed by atoms with Crippen LogP contribution in [0.5, 0.6) is 0 Å². The summed E-state index contributed by atoms with van der Waals surface area (Å²) in [6.07, 6.45) is -0.678. The van der Waals surface area contributed by atoms with Gasteiger partial charge in [-0.05, 0) is 30.6 Å². The van der Waals surface area contributed by atoms with Crippen molar-refractivity contribution < 1.29 is 43.0 Å². The standard InChI is InChI=1S/C21H32F2N2O7/c1-12(2)8-14(19(30)25-13(9-15(22)23)18(29)20(31)32)24-16(26)10-21(11-17(27)28)6-4-3-5-7-21/h12-15H,3-11H2,1-2H3,(H,24,26)(H,25,30)(H,27,28)(H,31,32)/t13-,14-/m1/s1. The predicted octanol–water partition coefficient (Wildman–Crippen LogP) is 2.13. The van der Waals surface area contributed by atoms with Crippen LogP contribution < -0.4 is 10.6 Å². The van der Waals surface area contributed by atoms with Crippen molar-refractivity contribution in [2.24, 2.45) is 11.3 Å². The summed E-state index contributed by atoms with van der Waals surface area (Å²) in [5, 5.41) is 22.6. The smallest absolute Gasteiger partial charge is 0.374 e. The third-order valence-corrected chi connectivity index (χ3v) is 5.59. The highest BCUT2D eigenvalue weighted by Gasteiger charge is 2.38. The van der Waals surface area contributed by atoms with E-state index in [1.165, 1.54) is 0 Å². The lowest BCUT2D eigenvalue weighted by Gasteiger charge is -2.36. The van der Waals surface area contributed by atoms with Crippen LogP contribution >= 0.6 is 0 Å². The molecular formula is C21H32F2N2O7. The third-order valence-electron chi connectivity index (χ3n) is 5.59. The first-order chi connectivity index (χ1) is 14.8. The van der Waals surface area contributed by atoms with E-state index in [9.17, 15) is 37.9 Å². The van der Waals surface area contributed by atoms with Gasteiger partial charge in [0.1, 0.15) is 12.1 Å². The van der Waals surface area contributed by atoms with Gasteiger partial charge in [-0.15, -0.1) is 0 Å². The fraction of sp³-hybridized carbons (Fsp3) is 0.762. The maximum atomic E-state index is 12.8. The minimum Gasteiger partial charge on any atom is -0.481 e. The van der Waals surface area contributed by atoms with E-state index in [0.717, 1.165) is 19.3 Å². The Hall–Kier alpha value is -2.59. The van der Waals surface area contributed by atoms with Gasteiger partial charge in [0.25, 0.3) is 5.78 Å². The molecule has 0 aromatic carbocycles. The van der Waals surface area contributed by atoms with Gasteiger partial charge in [0.15, 0.2) is 0 Å². The molecule has 0 aromatic heterocycles. The van der Waals surface area contributed by atoms with E-state index >= 15 is 0 Å². The number of Topliss-reactive ketones (excluding diaryl/α,β-unsaturated/α-hetero) is 1. The number of hydrogen-bond acceptors (Lipinski definition) is 5. The average Bonchev–Trinajstić information content (AvgIpc) is 2.65. The van der Waals surface area contributed by atoms with Gasteiger partial charge in [0, 0.05) is 12.8 Å². The first kappa shape index (κ1) is 27.4. The number of rotatable bonds is 13. The van der Waals surface area contributed by atoms with Crippen LogP contribution in [0.2, 0.25) is 0 Å². The second kappa shape index (κ2) is 12.4. The molecule has 1 rings (SSSR count). The number of carbonyl (C=O) groups is 5. The van der Waals surface area contributed by atoms with Gasteiger partial charge in [-0.1, -0.05) is 33.1 Å². The first-order valence-electron chi connectivity index (χ1n) is 10.7. The molecule has 11 heteroatoms. The Morgan fingerprint density at radius 2 is 1.47 bits per heavy atom. The van der Waals surface area contributed by atoms with Gasteiger partial charge in [-0.3, -0.25) is 19.2 Å². The highest BCUT2D eigenvalue weighted by molar-refractivity contribution is 6.35. The summed E-state index contributed by atoms with van der Waals surface area (Å²) < 4.78 is 25.5. The van der Waals surface area contributed by atoms with Crippen molar-refractivity contribution in [1.29, 1.82) is 0 Å². The van der Waals surface area contributed by atoms with Crippen LogP contribution in [0.15, 0.2) is 0 Å². The van der Waals surface area contributed by atoms with Crippen LogP contribution in [-0.2, 0) is 24.0 Å². The number of alkyl halides is 2. The lowest BCUT2D eigenvalue weighted by atomic mass is 9.69. The van der Waals surface area contributed by atoms with E-state index in [1.54, 1.807) is 13.8 Å². The molecular weight excluding hydrogens is 430 g/mol. The quantitative estimate of drug-likeness (QED) is 0.306. The van der Waals surface area contributed by atoms with Crippen LogP contribution in [0.4, 0.5) is 8.78 Å². The molecule has 0 aliphatic heterocycles. The minimum absolute atomic E-state index is 0.0996. The Labute approximate surface area is 185 Å². The molecule has 1 saturated carbocycles. The molecule has 0 spiro atoms. The Morgan fingerprint density at radius 1 is 0.875 bits per heavy atom. The van der Waals surface area contributed by atoms with Crippen molar-refractivity contribution in [3.05, 3.63) is 0 Å². The Balaban J connectivity index is 2.94. The summed E-state index contributed by atoms with van der Waals surface area (Å²) in [4.78, 5) is 59.3. The maximum absolute atomic E-state index is 12.8. The van der Waals surface area contributed by atoms with E-state index in [0.29, 0.717) is 12.8 Å². The Morgan fingerprint density at radius 3 is 1.94 bits per heavy atom. The molecule has 0 radical (unpaired) electrons. The highest BCUT2D eigenvalue weighted by atomic mass is 19.3. The van der Waals surface area contributed by atoms with Crippen LogP contribution in [-0.4, -0.2) is 58.3 Å². The van der Waals surface area contributed by atoms with Crippen LogP contribution in [0.3, 0.4) is 0 Å². The molecule has 0 bridgehead atoms. The molecule has 9 nitrogen and oxygen atoms in total. The highest BCUT2D eigenvalue weighted by Crippen LogP contribution is 2.42. The number of halogens is 2.